The second-order valence-corrected chi connectivity index (χ2v) is 8.15. The smallest absolute Gasteiger partial charge is 0.306 e. The van der Waals surface area contributed by atoms with Crippen LogP contribution < -0.4 is 15.4 Å². The largest absolute Gasteiger partial charge is 0.490 e. The van der Waals surface area contributed by atoms with Gasteiger partial charge < -0.3 is 20.5 Å². The molecule has 0 radical (unpaired) electrons. The van der Waals surface area contributed by atoms with E-state index in [2.05, 4.69) is 10.6 Å². The van der Waals surface area contributed by atoms with Crippen LogP contribution in [0.25, 0.3) is 0 Å². The van der Waals surface area contributed by atoms with Crippen molar-refractivity contribution in [3.8, 4) is 5.75 Å². The van der Waals surface area contributed by atoms with Gasteiger partial charge in [0.25, 0.3) is 11.8 Å². The molecule has 1 aliphatic rings. The lowest BCUT2D eigenvalue weighted by atomic mass is 9.87. The molecule has 1 aliphatic carbocycles. The number of hydrogen-bond acceptors (Lipinski definition) is 4. The minimum Gasteiger partial charge on any atom is -0.490 e. The zero-order chi connectivity index (χ0) is 24.0. The summed E-state index contributed by atoms with van der Waals surface area (Å²) in [6.45, 7) is 0.0127. The molecule has 1 saturated carbocycles. The number of nitrogens with one attached hydrogen (secondary N) is 2. The van der Waals surface area contributed by atoms with Gasteiger partial charge in [-0.05, 0) is 49.9 Å². The van der Waals surface area contributed by atoms with Crippen LogP contribution in [0, 0.1) is 17.6 Å². The maximum Gasteiger partial charge on any atom is 0.306 e. The number of halogens is 3. The Morgan fingerprint density at radius 1 is 0.939 bits per heavy atom. The Hall–Kier alpha value is -3.20. The van der Waals surface area contributed by atoms with Crippen LogP contribution in [-0.2, 0) is 4.79 Å². The molecular formula is C23H23ClF2N2O5. The third-order valence-corrected chi connectivity index (χ3v) is 5.62. The number of carboxylic acid groups (broad SMARTS) is 1. The molecule has 0 aromatic heterocycles. The number of ether oxygens (including phenoxy) is 1. The van der Waals surface area contributed by atoms with Gasteiger partial charge in [0, 0.05) is 35.8 Å². The maximum absolute atomic E-state index is 14.4. The fourth-order valence-electron chi connectivity index (χ4n) is 3.60. The van der Waals surface area contributed by atoms with E-state index in [0.717, 1.165) is 12.1 Å². The van der Waals surface area contributed by atoms with Gasteiger partial charge >= 0.3 is 5.97 Å². The Morgan fingerprint density at radius 2 is 1.48 bits per heavy atom. The van der Waals surface area contributed by atoms with Crippen molar-refractivity contribution in [2.75, 3.05) is 13.1 Å². The van der Waals surface area contributed by atoms with E-state index in [1.165, 1.54) is 0 Å². The average molecular weight is 481 g/mol. The van der Waals surface area contributed by atoms with Crippen molar-refractivity contribution in [1.82, 2.24) is 10.6 Å². The highest BCUT2D eigenvalue weighted by Gasteiger charge is 2.27. The Balaban J connectivity index is 1.49. The van der Waals surface area contributed by atoms with E-state index >= 15 is 0 Å². The van der Waals surface area contributed by atoms with Crippen LogP contribution >= 0.6 is 11.6 Å². The molecule has 0 unspecified atom stereocenters. The molecule has 0 atom stereocenters. The lowest BCUT2D eigenvalue weighted by Crippen LogP contribution is -2.35. The number of amides is 2. The normalized spacial score (nSPS) is 17.8. The van der Waals surface area contributed by atoms with Crippen LogP contribution in [-0.4, -0.2) is 42.1 Å². The standard InChI is InChI=1S/C23H23ClF2N2O5/c24-15-5-1-13(2-6-15)21(29)27-9-10-28-22(30)20-18(25)11-17(12-19(20)26)33-16-7-3-14(4-8-16)23(31)32/h1-2,5-6,11-12,14,16H,3-4,7-10H2,(H,27,29)(H,28,30)(H,31,32). The summed E-state index contributed by atoms with van der Waals surface area (Å²) in [5.41, 5.74) is -0.365. The van der Waals surface area contributed by atoms with Gasteiger partial charge in [0.2, 0.25) is 0 Å². The van der Waals surface area contributed by atoms with Gasteiger partial charge in [-0.3, -0.25) is 14.4 Å². The fourth-order valence-corrected chi connectivity index (χ4v) is 3.72. The van der Waals surface area contributed by atoms with Crippen LogP contribution in [0.4, 0.5) is 8.78 Å². The topological polar surface area (TPSA) is 105 Å². The number of carbonyl (C=O) groups excluding carboxylic acids is 2. The second kappa shape index (κ2) is 11.1. The highest BCUT2D eigenvalue weighted by molar-refractivity contribution is 6.30. The van der Waals surface area contributed by atoms with Crippen LogP contribution in [0.5, 0.6) is 5.75 Å². The molecule has 0 aliphatic heterocycles. The van der Waals surface area contributed by atoms with Gasteiger partial charge in [-0.1, -0.05) is 11.6 Å². The highest BCUT2D eigenvalue weighted by Crippen LogP contribution is 2.29. The maximum atomic E-state index is 14.4. The first-order valence-electron chi connectivity index (χ1n) is 10.4. The van der Waals surface area contributed by atoms with E-state index in [4.69, 9.17) is 21.4 Å². The first-order chi connectivity index (χ1) is 15.7. The summed E-state index contributed by atoms with van der Waals surface area (Å²) in [6, 6.07) is 8.09. The molecule has 3 N–H and O–H groups in total. The van der Waals surface area contributed by atoms with Crippen molar-refractivity contribution in [3.05, 3.63) is 64.2 Å². The highest BCUT2D eigenvalue weighted by atomic mass is 35.5. The molecule has 7 nitrogen and oxygen atoms in total. The van der Waals surface area contributed by atoms with E-state index in [1.54, 1.807) is 24.3 Å². The summed E-state index contributed by atoms with van der Waals surface area (Å²) in [6.07, 6.45) is 1.44. The van der Waals surface area contributed by atoms with Gasteiger partial charge in [0.1, 0.15) is 22.9 Å². The molecule has 3 rings (SSSR count). The van der Waals surface area contributed by atoms with E-state index in [9.17, 15) is 23.2 Å². The van der Waals surface area contributed by atoms with Crippen molar-refractivity contribution < 1.29 is 33.0 Å². The lowest BCUT2D eigenvalue weighted by Gasteiger charge is -2.26. The quantitative estimate of drug-likeness (QED) is 0.498. The summed E-state index contributed by atoms with van der Waals surface area (Å²) >= 11 is 5.77. The third-order valence-electron chi connectivity index (χ3n) is 5.37. The molecule has 33 heavy (non-hydrogen) atoms. The van der Waals surface area contributed by atoms with E-state index < -0.39 is 35.0 Å². The fraction of sp³-hybridized carbons (Fsp3) is 0.348. The van der Waals surface area contributed by atoms with Crippen molar-refractivity contribution >= 4 is 29.4 Å². The molecule has 0 saturated heterocycles. The average Bonchev–Trinajstić information content (AvgIpc) is 2.77. The lowest BCUT2D eigenvalue weighted by molar-refractivity contribution is -0.143. The predicted molar refractivity (Wildman–Crippen MR) is 116 cm³/mol. The molecule has 0 heterocycles. The first-order valence-corrected chi connectivity index (χ1v) is 10.8. The Morgan fingerprint density at radius 3 is 2.03 bits per heavy atom. The molecule has 0 bridgehead atoms. The van der Waals surface area contributed by atoms with Crippen molar-refractivity contribution in [2.24, 2.45) is 5.92 Å². The third kappa shape index (κ3) is 6.64. The first kappa shape index (κ1) is 24.4. The zero-order valence-corrected chi connectivity index (χ0v) is 18.3. The van der Waals surface area contributed by atoms with E-state index in [1.807, 2.05) is 0 Å². The van der Waals surface area contributed by atoms with Gasteiger partial charge in [-0.25, -0.2) is 8.78 Å². The summed E-state index contributed by atoms with van der Waals surface area (Å²) < 4.78 is 34.5. The van der Waals surface area contributed by atoms with E-state index in [-0.39, 0.29) is 30.9 Å². The minimum atomic E-state index is -1.08. The molecular weight excluding hydrogens is 458 g/mol. The summed E-state index contributed by atoms with van der Waals surface area (Å²) in [5.74, 6) is -4.84. The SMILES string of the molecule is O=C(NCCNC(=O)c1c(F)cc(OC2CCC(C(=O)O)CC2)cc1F)c1ccc(Cl)cc1. The van der Waals surface area contributed by atoms with Gasteiger partial charge in [0.05, 0.1) is 12.0 Å². The van der Waals surface area contributed by atoms with Crippen molar-refractivity contribution in [2.45, 2.75) is 31.8 Å². The van der Waals surface area contributed by atoms with Crippen LogP contribution in [0.3, 0.4) is 0 Å². The molecule has 2 aromatic rings. The molecule has 2 aromatic carbocycles. The predicted octanol–water partition coefficient (Wildman–Crippen LogP) is 3.80. The van der Waals surface area contributed by atoms with Gasteiger partial charge in [-0.15, -0.1) is 0 Å². The molecule has 2 amide bonds. The van der Waals surface area contributed by atoms with Crippen molar-refractivity contribution in [3.63, 3.8) is 0 Å². The van der Waals surface area contributed by atoms with Crippen LogP contribution in [0.1, 0.15) is 46.4 Å². The van der Waals surface area contributed by atoms with Gasteiger partial charge in [0.15, 0.2) is 0 Å². The number of carboxylic acids is 1. The van der Waals surface area contributed by atoms with Crippen molar-refractivity contribution in [1.29, 1.82) is 0 Å². The number of aliphatic carboxylic acids is 1. The number of hydrogen-bond donors (Lipinski definition) is 3. The van der Waals surface area contributed by atoms with Crippen LogP contribution in [0.15, 0.2) is 36.4 Å². The van der Waals surface area contributed by atoms with E-state index in [0.29, 0.717) is 36.3 Å². The number of rotatable bonds is 8. The Labute approximate surface area is 194 Å². The Bertz CT molecular complexity index is 1000. The van der Waals surface area contributed by atoms with Crippen LogP contribution in [0.2, 0.25) is 5.02 Å². The minimum absolute atomic E-state index is 0.0396. The number of carbonyl (C=O) groups is 3. The molecule has 0 spiro atoms. The summed E-state index contributed by atoms with van der Waals surface area (Å²) in [4.78, 5) is 35.2. The zero-order valence-electron chi connectivity index (χ0n) is 17.6. The molecule has 10 heteroatoms. The molecule has 176 valence electrons. The number of benzene rings is 2. The monoisotopic (exact) mass is 480 g/mol. The van der Waals surface area contributed by atoms with Gasteiger partial charge in [-0.2, -0.15) is 0 Å². The summed E-state index contributed by atoms with van der Waals surface area (Å²) in [5, 5.41) is 14.5. The Kier molecular flexibility index (Phi) is 8.21. The molecule has 1 fully saturated rings. The second-order valence-electron chi connectivity index (χ2n) is 7.71. The summed E-state index contributed by atoms with van der Waals surface area (Å²) in [7, 11) is 0.